The van der Waals surface area contributed by atoms with Crippen molar-refractivity contribution < 1.29 is 19.1 Å². The number of amides is 2. The molecule has 0 radical (unpaired) electrons. The number of hydrogen-bond donors (Lipinski definition) is 0. The van der Waals surface area contributed by atoms with E-state index in [4.69, 9.17) is 4.74 Å². The summed E-state index contributed by atoms with van der Waals surface area (Å²) in [5.41, 5.74) is 3.01. The molecule has 5 rings (SSSR count). The number of benzene rings is 1. The van der Waals surface area contributed by atoms with Gasteiger partial charge in [-0.15, -0.1) is 11.3 Å². The van der Waals surface area contributed by atoms with Gasteiger partial charge in [-0.05, 0) is 30.0 Å². The molecule has 4 heterocycles. The molecule has 3 aliphatic heterocycles. The zero-order chi connectivity index (χ0) is 21.0. The van der Waals surface area contributed by atoms with Crippen molar-refractivity contribution in [3.63, 3.8) is 0 Å². The van der Waals surface area contributed by atoms with Gasteiger partial charge in [0.1, 0.15) is 6.04 Å². The summed E-state index contributed by atoms with van der Waals surface area (Å²) >= 11 is 1.37. The second kappa shape index (κ2) is 7.18. The van der Waals surface area contributed by atoms with Crippen molar-refractivity contribution in [1.82, 2.24) is 4.90 Å². The topological polar surface area (TPSA) is 66.9 Å². The van der Waals surface area contributed by atoms with E-state index >= 15 is 0 Å². The minimum atomic E-state index is -0.701. The summed E-state index contributed by atoms with van der Waals surface area (Å²) < 4.78 is 5.09. The summed E-state index contributed by atoms with van der Waals surface area (Å²) in [5.74, 6) is -1.83. The van der Waals surface area contributed by atoms with Crippen molar-refractivity contribution in [3.05, 3.63) is 58.3 Å². The SMILES string of the molecule is COCCN1C(=O)[C@H]2[C@H](C1=O)[C@H](C(=O)c1cccs1)N1c3ccccc3C(C)=C[C@@H]21. The van der Waals surface area contributed by atoms with Crippen LogP contribution >= 0.6 is 11.3 Å². The first-order chi connectivity index (χ1) is 14.5. The van der Waals surface area contributed by atoms with Gasteiger partial charge in [-0.25, -0.2) is 0 Å². The van der Waals surface area contributed by atoms with Crippen LogP contribution in [0, 0.1) is 11.8 Å². The van der Waals surface area contributed by atoms with Crippen LogP contribution in [0.2, 0.25) is 0 Å². The maximum atomic E-state index is 13.6. The molecule has 6 nitrogen and oxygen atoms in total. The van der Waals surface area contributed by atoms with Gasteiger partial charge in [0, 0.05) is 18.4 Å². The third kappa shape index (κ3) is 2.62. The molecule has 3 aliphatic rings. The Kier molecular flexibility index (Phi) is 4.60. The van der Waals surface area contributed by atoms with Crippen molar-refractivity contribution in [2.75, 3.05) is 25.2 Å². The van der Waals surface area contributed by atoms with Crippen LogP contribution in [0.3, 0.4) is 0 Å². The first kappa shape index (κ1) is 19.2. The second-order valence-corrected chi connectivity index (χ2v) is 8.87. The van der Waals surface area contributed by atoms with Crippen molar-refractivity contribution in [2.45, 2.75) is 19.0 Å². The standard InChI is InChI=1S/C23H22N2O4S/c1-13-12-16-18-19(23(28)24(22(18)27)9-10-29-2)20(21(26)17-8-5-11-30-17)25(16)15-7-4-3-6-14(13)15/h3-8,11-12,16,18-20H,9-10H2,1-2H3/t16-,18+,19-,20+/m0/s1. The summed E-state index contributed by atoms with van der Waals surface area (Å²) in [6.07, 6.45) is 2.05. The lowest BCUT2D eigenvalue weighted by Crippen LogP contribution is -2.49. The number of imide groups is 1. The van der Waals surface area contributed by atoms with E-state index in [0.29, 0.717) is 4.88 Å². The quantitative estimate of drug-likeness (QED) is 0.548. The van der Waals surface area contributed by atoms with Gasteiger partial charge in [0.25, 0.3) is 0 Å². The fourth-order valence-electron chi connectivity index (χ4n) is 5.13. The monoisotopic (exact) mass is 422 g/mol. The predicted molar refractivity (Wildman–Crippen MR) is 114 cm³/mol. The summed E-state index contributed by atoms with van der Waals surface area (Å²) in [4.78, 5) is 44.2. The zero-order valence-corrected chi connectivity index (χ0v) is 17.6. The van der Waals surface area contributed by atoms with Gasteiger partial charge < -0.3 is 9.64 Å². The highest BCUT2D eigenvalue weighted by molar-refractivity contribution is 7.12. The Hall–Kier alpha value is -2.77. The molecule has 154 valence electrons. The van der Waals surface area contributed by atoms with E-state index in [1.54, 1.807) is 13.2 Å². The summed E-state index contributed by atoms with van der Waals surface area (Å²) in [6.45, 7) is 2.52. The number of hydrogen-bond acceptors (Lipinski definition) is 6. The van der Waals surface area contributed by atoms with Crippen LogP contribution in [-0.2, 0) is 14.3 Å². The Bertz CT molecular complexity index is 1060. The minimum absolute atomic E-state index is 0.0972. The molecular weight excluding hydrogens is 400 g/mol. The van der Waals surface area contributed by atoms with E-state index in [0.717, 1.165) is 16.8 Å². The molecule has 0 saturated carbocycles. The molecule has 0 aliphatic carbocycles. The molecule has 2 aromatic rings. The number of rotatable bonds is 5. The molecular formula is C23H22N2O4S. The maximum Gasteiger partial charge on any atom is 0.235 e. The number of ketones is 1. The zero-order valence-electron chi connectivity index (χ0n) is 16.8. The molecule has 7 heteroatoms. The van der Waals surface area contributed by atoms with Crippen LogP contribution in [0.25, 0.3) is 5.57 Å². The van der Waals surface area contributed by atoms with Crippen molar-refractivity contribution in [3.8, 4) is 0 Å². The molecule has 4 atom stereocenters. The van der Waals surface area contributed by atoms with Crippen LogP contribution in [-0.4, -0.2) is 54.8 Å². The molecule has 0 unspecified atom stereocenters. The van der Waals surface area contributed by atoms with Crippen molar-refractivity contribution in [2.24, 2.45) is 11.8 Å². The number of allylic oxidation sites excluding steroid dienone is 1. The Balaban J connectivity index is 1.65. The third-order valence-corrected chi connectivity index (χ3v) is 7.28. The van der Waals surface area contributed by atoms with Gasteiger partial charge in [0.2, 0.25) is 11.8 Å². The smallest absolute Gasteiger partial charge is 0.235 e. The van der Waals surface area contributed by atoms with Gasteiger partial charge in [-0.2, -0.15) is 0 Å². The Labute approximate surface area is 178 Å². The fraction of sp³-hybridized carbons (Fsp3) is 0.348. The summed E-state index contributed by atoms with van der Waals surface area (Å²) in [7, 11) is 1.54. The average molecular weight is 423 g/mol. The summed E-state index contributed by atoms with van der Waals surface area (Å²) in [5, 5.41) is 1.86. The molecule has 2 fully saturated rings. The number of carbonyl (C=O) groups is 3. The molecule has 0 spiro atoms. The Morgan fingerprint density at radius 2 is 1.87 bits per heavy atom. The van der Waals surface area contributed by atoms with E-state index in [1.807, 2.05) is 53.6 Å². The number of anilines is 1. The minimum Gasteiger partial charge on any atom is -0.383 e. The molecule has 2 saturated heterocycles. The highest BCUT2D eigenvalue weighted by atomic mass is 32.1. The largest absolute Gasteiger partial charge is 0.383 e. The van der Waals surface area contributed by atoms with E-state index in [9.17, 15) is 14.4 Å². The number of para-hydroxylation sites is 1. The summed E-state index contributed by atoms with van der Waals surface area (Å²) in [6, 6.07) is 10.5. The van der Waals surface area contributed by atoms with Crippen molar-refractivity contribution in [1.29, 1.82) is 0 Å². The normalized spacial score (nSPS) is 27.1. The Morgan fingerprint density at radius 1 is 1.10 bits per heavy atom. The van der Waals surface area contributed by atoms with E-state index in [-0.39, 0.29) is 36.8 Å². The molecule has 30 heavy (non-hydrogen) atoms. The van der Waals surface area contributed by atoms with Crippen LogP contribution in [0.5, 0.6) is 0 Å². The first-order valence-corrected chi connectivity index (χ1v) is 10.9. The number of nitrogens with zero attached hydrogens (tertiary/aromatic N) is 2. The average Bonchev–Trinajstić information content (AvgIpc) is 3.44. The number of fused-ring (bicyclic) bond motifs is 5. The van der Waals surface area contributed by atoms with E-state index < -0.39 is 17.9 Å². The van der Waals surface area contributed by atoms with Crippen LogP contribution in [0.4, 0.5) is 5.69 Å². The number of Topliss-reactive ketones (excluding diaryl/α,β-unsaturated/α-hetero) is 1. The molecule has 1 aromatic heterocycles. The van der Waals surface area contributed by atoms with Gasteiger partial charge >= 0.3 is 0 Å². The fourth-order valence-corrected chi connectivity index (χ4v) is 5.82. The van der Waals surface area contributed by atoms with Gasteiger partial charge in [0.15, 0.2) is 5.78 Å². The second-order valence-electron chi connectivity index (χ2n) is 7.92. The third-order valence-electron chi connectivity index (χ3n) is 6.40. The van der Waals surface area contributed by atoms with Crippen LogP contribution in [0.1, 0.15) is 22.2 Å². The predicted octanol–water partition coefficient (Wildman–Crippen LogP) is 2.85. The number of thiophene rings is 1. The van der Waals surface area contributed by atoms with Crippen molar-refractivity contribution >= 4 is 40.2 Å². The maximum absolute atomic E-state index is 13.6. The number of carbonyl (C=O) groups excluding carboxylic acids is 3. The lowest BCUT2D eigenvalue weighted by Gasteiger charge is -2.37. The van der Waals surface area contributed by atoms with Gasteiger partial charge in [0.05, 0.1) is 35.9 Å². The Morgan fingerprint density at radius 3 is 2.60 bits per heavy atom. The molecule has 1 aromatic carbocycles. The van der Waals surface area contributed by atoms with Gasteiger partial charge in [-0.3, -0.25) is 19.3 Å². The molecule has 0 N–H and O–H groups in total. The molecule has 2 amide bonds. The number of methoxy groups -OCH3 is 1. The number of likely N-dealkylation sites (tertiary alicyclic amines) is 1. The first-order valence-electron chi connectivity index (χ1n) is 10.0. The van der Waals surface area contributed by atoms with Crippen LogP contribution < -0.4 is 4.90 Å². The van der Waals surface area contributed by atoms with Gasteiger partial charge in [-0.1, -0.05) is 30.3 Å². The lowest BCUT2D eigenvalue weighted by atomic mass is 9.86. The lowest BCUT2D eigenvalue weighted by molar-refractivity contribution is -0.141. The highest BCUT2D eigenvalue weighted by Gasteiger charge is 2.64. The van der Waals surface area contributed by atoms with Crippen LogP contribution in [0.15, 0.2) is 47.9 Å². The van der Waals surface area contributed by atoms with E-state index in [1.165, 1.54) is 16.2 Å². The number of ether oxygens (including phenoxy) is 1. The molecule has 0 bridgehead atoms. The highest BCUT2D eigenvalue weighted by Crippen LogP contribution is 2.50. The van der Waals surface area contributed by atoms with E-state index in [2.05, 4.69) is 0 Å².